The summed E-state index contributed by atoms with van der Waals surface area (Å²) in [7, 11) is 0. The second-order valence-electron chi connectivity index (χ2n) is 7.55. The van der Waals surface area contributed by atoms with Gasteiger partial charge in [-0.25, -0.2) is 0 Å². The number of nitrogens with one attached hydrogen (secondary N) is 1. The number of hydrogen-bond acceptors (Lipinski definition) is 3. The molecule has 27 heavy (non-hydrogen) atoms. The third kappa shape index (κ3) is 6.03. The van der Waals surface area contributed by atoms with Crippen LogP contribution in [0, 0.1) is 5.92 Å². The Morgan fingerprint density at radius 2 is 1.93 bits per heavy atom. The fraction of sp³-hybridized carbons (Fsp3) is 0.435. The summed E-state index contributed by atoms with van der Waals surface area (Å²) in [6, 6.07) is 19.0. The molecule has 4 heteroatoms. The van der Waals surface area contributed by atoms with Gasteiger partial charge >= 0.3 is 0 Å². The van der Waals surface area contributed by atoms with Crippen molar-refractivity contribution in [3.63, 3.8) is 0 Å². The number of carbonyl (C=O) groups is 1. The van der Waals surface area contributed by atoms with Crippen molar-refractivity contribution in [3.8, 4) is 0 Å². The summed E-state index contributed by atoms with van der Waals surface area (Å²) in [5, 5.41) is 3.12. The molecule has 3 nitrogen and oxygen atoms in total. The minimum Gasteiger partial charge on any atom is -0.371 e. The van der Waals surface area contributed by atoms with E-state index in [2.05, 4.69) is 60.5 Å². The standard InChI is InChI=1S/C23H30N2OS/c1-18-7-6-14-25(15-18)22-12-10-21(11-13-22)19(2)24-23(26)17-27-16-20-8-4-3-5-9-20/h3-5,8-13,18-19H,6-7,14-17H2,1-2H3,(H,24,26)/t18-,19+/m1/s1. The van der Waals surface area contributed by atoms with E-state index in [-0.39, 0.29) is 11.9 Å². The maximum Gasteiger partial charge on any atom is 0.230 e. The fourth-order valence-corrected chi connectivity index (χ4v) is 4.40. The van der Waals surface area contributed by atoms with E-state index in [4.69, 9.17) is 0 Å². The summed E-state index contributed by atoms with van der Waals surface area (Å²) in [4.78, 5) is 14.7. The first-order valence-electron chi connectivity index (χ1n) is 9.88. The van der Waals surface area contributed by atoms with Gasteiger partial charge in [0.1, 0.15) is 0 Å². The van der Waals surface area contributed by atoms with E-state index in [0.29, 0.717) is 5.75 Å². The summed E-state index contributed by atoms with van der Waals surface area (Å²) >= 11 is 1.65. The normalized spacial score (nSPS) is 18.1. The summed E-state index contributed by atoms with van der Waals surface area (Å²) in [6.07, 6.45) is 2.61. The molecule has 1 fully saturated rings. The number of carbonyl (C=O) groups excluding carboxylic acids is 1. The largest absolute Gasteiger partial charge is 0.371 e. The van der Waals surface area contributed by atoms with Crippen molar-refractivity contribution in [3.05, 3.63) is 65.7 Å². The van der Waals surface area contributed by atoms with E-state index in [9.17, 15) is 4.79 Å². The monoisotopic (exact) mass is 382 g/mol. The van der Waals surface area contributed by atoms with Crippen LogP contribution in [-0.4, -0.2) is 24.7 Å². The molecule has 1 heterocycles. The Balaban J connectivity index is 1.45. The van der Waals surface area contributed by atoms with Gasteiger partial charge in [-0.3, -0.25) is 4.79 Å². The van der Waals surface area contributed by atoms with Crippen LogP contribution >= 0.6 is 11.8 Å². The number of nitrogens with zero attached hydrogens (tertiary/aromatic N) is 1. The van der Waals surface area contributed by atoms with E-state index >= 15 is 0 Å². The number of anilines is 1. The maximum absolute atomic E-state index is 12.2. The average molecular weight is 383 g/mol. The Bertz CT molecular complexity index is 717. The molecule has 0 saturated carbocycles. The van der Waals surface area contributed by atoms with Crippen molar-refractivity contribution in [1.29, 1.82) is 0 Å². The van der Waals surface area contributed by atoms with Crippen molar-refractivity contribution < 1.29 is 4.79 Å². The second-order valence-corrected chi connectivity index (χ2v) is 8.54. The maximum atomic E-state index is 12.2. The molecule has 0 spiro atoms. The molecule has 2 atom stereocenters. The third-order valence-corrected chi connectivity index (χ3v) is 6.14. The number of piperidine rings is 1. The highest BCUT2D eigenvalue weighted by Crippen LogP contribution is 2.24. The minimum absolute atomic E-state index is 0.0316. The van der Waals surface area contributed by atoms with Gasteiger partial charge in [-0.05, 0) is 48.9 Å². The Morgan fingerprint density at radius 1 is 1.19 bits per heavy atom. The van der Waals surface area contributed by atoms with E-state index in [0.717, 1.165) is 30.3 Å². The summed E-state index contributed by atoms with van der Waals surface area (Å²) in [5.74, 6) is 2.22. The zero-order valence-electron chi connectivity index (χ0n) is 16.4. The minimum atomic E-state index is 0.0316. The quantitative estimate of drug-likeness (QED) is 0.729. The van der Waals surface area contributed by atoms with E-state index in [1.807, 2.05) is 18.2 Å². The van der Waals surface area contributed by atoms with Gasteiger partial charge in [0.2, 0.25) is 5.91 Å². The van der Waals surface area contributed by atoms with E-state index < -0.39 is 0 Å². The van der Waals surface area contributed by atoms with Crippen molar-refractivity contribution in [2.75, 3.05) is 23.7 Å². The highest BCUT2D eigenvalue weighted by atomic mass is 32.2. The molecule has 144 valence electrons. The Kier molecular flexibility index (Phi) is 7.22. The van der Waals surface area contributed by atoms with Crippen molar-refractivity contribution in [1.82, 2.24) is 5.32 Å². The van der Waals surface area contributed by atoms with Gasteiger partial charge in [-0.2, -0.15) is 0 Å². The zero-order chi connectivity index (χ0) is 19.1. The highest BCUT2D eigenvalue weighted by molar-refractivity contribution is 7.99. The average Bonchev–Trinajstić information content (AvgIpc) is 2.69. The summed E-state index contributed by atoms with van der Waals surface area (Å²) in [6.45, 7) is 6.67. The molecule has 1 aliphatic heterocycles. The first kappa shape index (κ1) is 19.8. The van der Waals surface area contributed by atoms with Gasteiger partial charge in [0.05, 0.1) is 11.8 Å². The SMILES string of the molecule is C[C@@H]1CCCN(c2ccc([C@H](C)NC(=O)CSCc3ccccc3)cc2)C1. The Hall–Kier alpha value is -1.94. The molecule has 1 saturated heterocycles. The number of rotatable bonds is 7. The number of hydrogen-bond donors (Lipinski definition) is 1. The summed E-state index contributed by atoms with van der Waals surface area (Å²) in [5.41, 5.74) is 3.71. The lowest BCUT2D eigenvalue weighted by molar-refractivity contribution is -0.119. The lowest BCUT2D eigenvalue weighted by atomic mass is 9.99. The number of benzene rings is 2. The fourth-order valence-electron chi connectivity index (χ4n) is 3.60. The van der Waals surface area contributed by atoms with Crippen LogP contribution in [0.4, 0.5) is 5.69 Å². The lowest BCUT2D eigenvalue weighted by Crippen LogP contribution is -2.34. The molecule has 0 aliphatic carbocycles. The highest BCUT2D eigenvalue weighted by Gasteiger charge is 2.17. The van der Waals surface area contributed by atoms with Crippen molar-refractivity contribution in [2.45, 2.75) is 38.5 Å². The first-order chi connectivity index (χ1) is 13.1. The second kappa shape index (κ2) is 9.84. The number of thioether (sulfide) groups is 1. The molecule has 0 bridgehead atoms. The van der Waals surface area contributed by atoms with Crippen LogP contribution in [0.25, 0.3) is 0 Å². The Labute approximate surface area is 167 Å². The smallest absolute Gasteiger partial charge is 0.230 e. The predicted octanol–water partition coefficient (Wildman–Crippen LogP) is 5.03. The molecule has 0 unspecified atom stereocenters. The topological polar surface area (TPSA) is 32.3 Å². The van der Waals surface area contributed by atoms with Gasteiger partial charge in [0.25, 0.3) is 0 Å². The van der Waals surface area contributed by atoms with Crippen LogP contribution in [-0.2, 0) is 10.5 Å². The zero-order valence-corrected chi connectivity index (χ0v) is 17.2. The molecule has 2 aromatic carbocycles. The molecule has 0 aromatic heterocycles. The van der Waals surface area contributed by atoms with Crippen LogP contribution in [0.15, 0.2) is 54.6 Å². The van der Waals surface area contributed by atoms with Crippen LogP contribution < -0.4 is 10.2 Å². The van der Waals surface area contributed by atoms with Gasteiger partial charge in [0, 0.05) is 24.5 Å². The summed E-state index contributed by atoms with van der Waals surface area (Å²) < 4.78 is 0. The van der Waals surface area contributed by atoms with Crippen molar-refractivity contribution >= 4 is 23.4 Å². The van der Waals surface area contributed by atoms with Crippen LogP contribution in [0.2, 0.25) is 0 Å². The lowest BCUT2D eigenvalue weighted by Gasteiger charge is -2.33. The molecule has 1 N–H and O–H groups in total. The van der Waals surface area contributed by atoms with Gasteiger partial charge in [-0.15, -0.1) is 11.8 Å². The van der Waals surface area contributed by atoms with Crippen LogP contribution in [0.1, 0.15) is 43.9 Å². The molecule has 3 rings (SSSR count). The molecular weight excluding hydrogens is 352 g/mol. The molecular formula is C23H30N2OS. The molecule has 1 amide bonds. The first-order valence-corrected chi connectivity index (χ1v) is 11.0. The van der Waals surface area contributed by atoms with Gasteiger partial charge in [0.15, 0.2) is 0 Å². The number of amides is 1. The van der Waals surface area contributed by atoms with Gasteiger partial charge in [-0.1, -0.05) is 49.4 Å². The Morgan fingerprint density at radius 3 is 2.63 bits per heavy atom. The van der Waals surface area contributed by atoms with Crippen LogP contribution in [0.3, 0.4) is 0 Å². The molecule has 1 aliphatic rings. The third-order valence-electron chi connectivity index (χ3n) is 5.14. The molecule has 0 radical (unpaired) electrons. The predicted molar refractivity (Wildman–Crippen MR) is 116 cm³/mol. The molecule has 2 aromatic rings. The van der Waals surface area contributed by atoms with E-state index in [1.165, 1.54) is 24.1 Å². The van der Waals surface area contributed by atoms with Crippen molar-refractivity contribution in [2.24, 2.45) is 5.92 Å². The van der Waals surface area contributed by atoms with Crippen LogP contribution in [0.5, 0.6) is 0 Å². The van der Waals surface area contributed by atoms with E-state index in [1.54, 1.807) is 11.8 Å². The van der Waals surface area contributed by atoms with Gasteiger partial charge < -0.3 is 10.2 Å².